The van der Waals surface area contributed by atoms with Crippen LogP contribution in [0, 0.1) is 0 Å². The second-order valence-corrected chi connectivity index (χ2v) is 6.85. The minimum atomic E-state index is -1.36. The molecular weight excluding hydrogens is 428 g/mol. The van der Waals surface area contributed by atoms with Crippen molar-refractivity contribution in [2.75, 3.05) is 7.11 Å². The Morgan fingerprint density at radius 3 is 2.48 bits per heavy atom. The maximum absolute atomic E-state index is 12.5. The van der Waals surface area contributed by atoms with E-state index in [0.29, 0.717) is 28.5 Å². The number of hydrogen-bond donors (Lipinski definition) is 2. The third kappa shape index (κ3) is 4.64. The van der Waals surface area contributed by atoms with E-state index >= 15 is 0 Å². The summed E-state index contributed by atoms with van der Waals surface area (Å²) in [7, 11) is 1.55. The highest BCUT2D eigenvalue weighted by molar-refractivity contribution is 5.86. The lowest BCUT2D eigenvalue weighted by molar-refractivity contribution is 0.0694. The number of hydrogen-bond acceptors (Lipinski definition) is 7. The lowest BCUT2D eigenvalue weighted by Gasteiger charge is -2.14. The van der Waals surface area contributed by atoms with E-state index in [4.69, 9.17) is 14.6 Å². The largest absolute Gasteiger partial charge is 0.497 e. The summed E-state index contributed by atoms with van der Waals surface area (Å²) in [6.07, 6.45) is 2.43. The number of carboxylic acids is 1. The molecule has 0 saturated heterocycles. The minimum absolute atomic E-state index is 0.120. The first kappa shape index (κ1) is 21.5. The molecule has 0 aliphatic heterocycles. The van der Waals surface area contributed by atoms with Gasteiger partial charge in [0, 0.05) is 29.6 Å². The van der Waals surface area contributed by atoms with Gasteiger partial charge in [0.05, 0.1) is 7.11 Å². The first-order valence-electron chi connectivity index (χ1n) is 9.72. The van der Waals surface area contributed by atoms with E-state index in [9.17, 15) is 14.4 Å². The molecule has 10 heteroatoms. The van der Waals surface area contributed by atoms with Gasteiger partial charge in [0.15, 0.2) is 6.73 Å². The van der Waals surface area contributed by atoms with Crippen LogP contribution in [0.4, 0.5) is 0 Å². The average molecular weight is 446 g/mol. The van der Waals surface area contributed by atoms with Crippen molar-refractivity contribution < 1.29 is 19.4 Å². The molecule has 0 bridgehead atoms. The van der Waals surface area contributed by atoms with E-state index < -0.39 is 17.1 Å². The zero-order valence-electron chi connectivity index (χ0n) is 17.4. The molecule has 166 valence electrons. The fourth-order valence-electron chi connectivity index (χ4n) is 3.12. The van der Waals surface area contributed by atoms with Crippen LogP contribution in [0.3, 0.4) is 0 Å². The molecule has 10 nitrogen and oxygen atoms in total. The van der Waals surface area contributed by atoms with Gasteiger partial charge in [0.25, 0.3) is 11.1 Å². The molecule has 0 saturated carbocycles. The van der Waals surface area contributed by atoms with Crippen molar-refractivity contribution in [2.24, 2.45) is 0 Å². The average Bonchev–Trinajstić information content (AvgIpc) is 2.83. The third-order valence-electron chi connectivity index (χ3n) is 4.76. The summed E-state index contributed by atoms with van der Waals surface area (Å²) in [6.45, 7) is -0.120. The topological polar surface area (TPSA) is 136 Å². The molecule has 2 heterocycles. The first-order valence-corrected chi connectivity index (χ1v) is 9.72. The van der Waals surface area contributed by atoms with Crippen molar-refractivity contribution in [3.8, 4) is 34.3 Å². The van der Waals surface area contributed by atoms with Crippen LogP contribution in [-0.2, 0) is 6.73 Å². The summed E-state index contributed by atoms with van der Waals surface area (Å²) >= 11 is 0. The highest BCUT2D eigenvalue weighted by Gasteiger charge is 2.12. The van der Waals surface area contributed by atoms with Crippen LogP contribution in [0.1, 0.15) is 10.4 Å². The number of aromatic amines is 1. The van der Waals surface area contributed by atoms with E-state index in [2.05, 4.69) is 15.0 Å². The van der Waals surface area contributed by atoms with Crippen molar-refractivity contribution in [1.82, 2.24) is 19.5 Å². The summed E-state index contributed by atoms with van der Waals surface area (Å²) in [5.74, 6) is 0.269. The van der Waals surface area contributed by atoms with E-state index in [1.165, 1.54) is 16.8 Å². The van der Waals surface area contributed by atoms with Gasteiger partial charge >= 0.3 is 5.97 Å². The van der Waals surface area contributed by atoms with Crippen LogP contribution >= 0.6 is 0 Å². The predicted octanol–water partition coefficient (Wildman–Crippen LogP) is 2.40. The number of nitrogens with zero attached hydrogens (tertiary/aromatic N) is 3. The summed E-state index contributed by atoms with van der Waals surface area (Å²) < 4.78 is 12.5. The number of carboxylic acid groups (broad SMARTS) is 1. The van der Waals surface area contributed by atoms with Gasteiger partial charge in [-0.15, -0.1) is 0 Å². The Labute approximate surface area is 186 Å². The summed E-state index contributed by atoms with van der Waals surface area (Å²) in [6, 6.07) is 15.2. The SMILES string of the molecule is COc1cccc(-c2nccc(=O)n2COc2cccc(-c3ncc(C(=O)O)c(=O)[nH]3)c2)c1. The molecule has 33 heavy (non-hydrogen) atoms. The van der Waals surface area contributed by atoms with Gasteiger partial charge in [-0.1, -0.05) is 24.3 Å². The molecule has 0 fully saturated rings. The summed E-state index contributed by atoms with van der Waals surface area (Å²) in [5.41, 5.74) is -0.317. The quantitative estimate of drug-likeness (QED) is 0.442. The molecule has 4 rings (SSSR count). The van der Waals surface area contributed by atoms with Gasteiger partial charge in [-0.3, -0.25) is 14.2 Å². The van der Waals surface area contributed by atoms with Crippen LogP contribution in [0.25, 0.3) is 22.8 Å². The van der Waals surface area contributed by atoms with Crippen molar-refractivity contribution >= 4 is 5.97 Å². The highest BCUT2D eigenvalue weighted by atomic mass is 16.5. The second kappa shape index (κ2) is 9.18. The van der Waals surface area contributed by atoms with Crippen LogP contribution in [0.5, 0.6) is 11.5 Å². The van der Waals surface area contributed by atoms with E-state index in [0.717, 1.165) is 6.20 Å². The fraction of sp³-hybridized carbons (Fsp3) is 0.0870. The number of methoxy groups -OCH3 is 1. The number of carbonyl (C=O) groups is 1. The van der Waals surface area contributed by atoms with Gasteiger partial charge in [-0.05, 0) is 24.3 Å². The number of aromatic carboxylic acids is 1. The fourth-order valence-corrected chi connectivity index (χ4v) is 3.12. The lowest BCUT2D eigenvalue weighted by Crippen LogP contribution is -2.24. The third-order valence-corrected chi connectivity index (χ3v) is 4.76. The molecule has 0 aliphatic carbocycles. The molecule has 0 atom stereocenters. The molecule has 0 spiro atoms. The van der Waals surface area contributed by atoms with Crippen LogP contribution < -0.4 is 20.6 Å². The van der Waals surface area contributed by atoms with E-state index in [1.807, 2.05) is 6.07 Å². The molecule has 0 unspecified atom stereocenters. The number of aromatic nitrogens is 4. The standard InChI is InChI=1S/C23H18N4O6/c1-32-16-6-3-5-15(11-16)21-24-9-8-19(28)27(21)13-33-17-7-2-4-14(10-17)20-25-12-18(23(30)31)22(29)26-20/h2-12H,13H2,1H3,(H,30,31)(H,25,26,29). The number of H-pyrrole nitrogens is 1. The zero-order chi connectivity index (χ0) is 23.4. The number of ether oxygens (including phenoxy) is 2. The van der Waals surface area contributed by atoms with E-state index in [-0.39, 0.29) is 18.1 Å². The Morgan fingerprint density at radius 2 is 1.76 bits per heavy atom. The lowest BCUT2D eigenvalue weighted by atomic mass is 10.2. The van der Waals surface area contributed by atoms with Crippen LogP contribution in [0.2, 0.25) is 0 Å². The van der Waals surface area contributed by atoms with Crippen LogP contribution in [0.15, 0.2) is 76.6 Å². The summed E-state index contributed by atoms with van der Waals surface area (Å²) in [5, 5.41) is 8.99. The maximum atomic E-state index is 12.5. The van der Waals surface area contributed by atoms with Crippen molar-refractivity contribution in [3.63, 3.8) is 0 Å². The van der Waals surface area contributed by atoms with Gasteiger partial charge < -0.3 is 19.6 Å². The monoisotopic (exact) mass is 446 g/mol. The number of rotatable bonds is 7. The predicted molar refractivity (Wildman–Crippen MR) is 118 cm³/mol. The smallest absolute Gasteiger partial charge is 0.342 e. The first-order chi connectivity index (χ1) is 16.0. The number of benzene rings is 2. The molecule has 2 aromatic carbocycles. The molecule has 2 N–H and O–H groups in total. The van der Waals surface area contributed by atoms with Gasteiger partial charge in [-0.25, -0.2) is 14.8 Å². The zero-order valence-corrected chi connectivity index (χ0v) is 17.4. The molecular formula is C23H18N4O6. The Morgan fingerprint density at radius 1 is 1.03 bits per heavy atom. The highest BCUT2D eigenvalue weighted by Crippen LogP contribution is 2.23. The molecule has 0 aliphatic rings. The Hall–Kier alpha value is -4.73. The molecule has 0 radical (unpaired) electrons. The second-order valence-electron chi connectivity index (χ2n) is 6.85. The minimum Gasteiger partial charge on any atom is -0.497 e. The molecule has 2 aromatic heterocycles. The van der Waals surface area contributed by atoms with Gasteiger partial charge in [-0.2, -0.15) is 0 Å². The Bertz CT molecular complexity index is 1440. The van der Waals surface area contributed by atoms with Crippen molar-refractivity contribution in [3.05, 3.63) is 93.3 Å². The van der Waals surface area contributed by atoms with E-state index in [1.54, 1.807) is 49.6 Å². The summed E-state index contributed by atoms with van der Waals surface area (Å²) in [4.78, 5) is 46.3. The van der Waals surface area contributed by atoms with Crippen LogP contribution in [-0.4, -0.2) is 37.7 Å². The maximum Gasteiger partial charge on any atom is 0.342 e. The number of nitrogens with one attached hydrogen (secondary N) is 1. The normalized spacial score (nSPS) is 10.6. The van der Waals surface area contributed by atoms with Gasteiger partial charge in [0.2, 0.25) is 0 Å². The Kier molecular flexibility index (Phi) is 5.98. The van der Waals surface area contributed by atoms with Crippen molar-refractivity contribution in [2.45, 2.75) is 6.73 Å². The van der Waals surface area contributed by atoms with Crippen molar-refractivity contribution in [1.29, 1.82) is 0 Å². The Balaban J connectivity index is 1.61. The van der Waals surface area contributed by atoms with Gasteiger partial charge in [0.1, 0.15) is 28.7 Å². The molecule has 0 amide bonds. The molecule has 4 aromatic rings.